The highest BCUT2D eigenvalue weighted by molar-refractivity contribution is 6.04. The van der Waals surface area contributed by atoms with Gasteiger partial charge in [-0.05, 0) is 12.5 Å². The molecule has 8 heteroatoms. The van der Waals surface area contributed by atoms with Crippen molar-refractivity contribution in [2.24, 2.45) is 0 Å². The lowest BCUT2D eigenvalue weighted by molar-refractivity contribution is -0.123. The van der Waals surface area contributed by atoms with Crippen molar-refractivity contribution in [3.05, 3.63) is 35.9 Å². The Morgan fingerprint density at radius 3 is 2.48 bits per heavy atom. The average molecular weight is 346 g/mol. The molecule has 0 fully saturated rings. The number of fused-ring (bicyclic) bond motifs is 1. The number of hydrogen-bond donors (Lipinski definition) is 4. The fraction of sp³-hybridized carbons (Fsp3) is 0.235. The Morgan fingerprint density at radius 1 is 1.12 bits per heavy atom. The minimum atomic E-state index is -0.998. The number of imide groups is 1. The minimum absolute atomic E-state index is 0.205. The summed E-state index contributed by atoms with van der Waals surface area (Å²) in [5.41, 5.74) is -0.278. The number of urea groups is 1. The molecular weight excluding hydrogens is 328 g/mol. The third-order valence-corrected chi connectivity index (χ3v) is 3.34. The molecule has 0 unspecified atom stereocenters. The zero-order valence-corrected chi connectivity index (χ0v) is 13.5. The number of aromatic hydroxyl groups is 2. The fourth-order valence-corrected chi connectivity index (χ4v) is 2.15. The number of carbonyl (C=O) groups excluding carboxylic acids is 3. The van der Waals surface area contributed by atoms with Crippen LogP contribution in [0.3, 0.4) is 0 Å². The molecule has 0 radical (unpaired) electrons. The molecule has 2 aromatic rings. The van der Waals surface area contributed by atoms with Gasteiger partial charge in [-0.15, -0.1) is 0 Å². The Hall–Kier alpha value is -3.29. The van der Waals surface area contributed by atoms with Crippen molar-refractivity contribution in [2.75, 3.05) is 13.2 Å². The van der Waals surface area contributed by atoms with Gasteiger partial charge in [-0.25, -0.2) is 9.59 Å². The van der Waals surface area contributed by atoms with Crippen LogP contribution in [0.5, 0.6) is 11.5 Å². The Balaban J connectivity index is 2.04. The molecule has 4 N–H and O–H groups in total. The summed E-state index contributed by atoms with van der Waals surface area (Å²) in [4.78, 5) is 34.9. The van der Waals surface area contributed by atoms with Crippen LogP contribution in [0.25, 0.3) is 10.8 Å². The Kier molecular flexibility index (Phi) is 5.78. The van der Waals surface area contributed by atoms with Gasteiger partial charge in [0.2, 0.25) is 0 Å². The lowest BCUT2D eigenvalue weighted by Gasteiger charge is -2.10. The monoisotopic (exact) mass is 346 g/mol. The Labute approximate surface area is 143 Å². The van der Waals surface area contributed by atoms with Gasteiger partial charge >= 0.3 is 12.0 Å². The molecule has 0 aromatic heterocycles. The molecule has 0 aliphatic heterocycles. The van der Waals surface area contributed by atoms with E-state index in [0.717, 1.165) is 6.07 Å². The van der Waals surface area contributed by atoms with Gasteiger partial charge in [0.25, 0.3) is 5.91 Å². The van der Waals surface area contributed by atoms with Gasteiger partial charge in [0.05, 0.1) is 0 Å². The van der Waals surface area contributed by atoms with Gasteiger partial charge in [-0.2, -0.15) is 0 Å². The van der Waals surface area contributed by atoms with Crippen LogP contribution in [-0.2, 0) is 9.53 Å². The predicted octanol–water partition coefficient (Wildman–Crippen LogP) is 1.64. The molecule has 0 spiro atoms. The molecule has 0 aliphatic carbocycles. The topological polar surface area (TPSA) is 125 Å². The summed E-state index contributed by atoms with van der Waals surface area (Å²) in [6.45, 7) is 1.56. The number of carbonyl (C=O) groups is 3. The summed E-state index contributed by atoms with van der Waals surface area (Å²) in [6, 6.07) is 6.81. The van der Waals surface area contributed by atoms with Crippen molar-refractivity contribution in [3.8, 4) is 11.5 Å². The summed E-state index contributed by atoms with van der Waals surface area (Å²) in [5.74, 6) is -2.38. The van der Waals surface area contributed by atoms with Gasteiger partial charge in [0.15, 0.2) is 6.61 Å². The van der Waals surface area contributed by atoms with E-state index in [2.05, 4.69) is 5.32 Å². The Bertz CT molecular complexity index is 818. The first kappa shape index (κ1) is 18.1. The highest BCUT2D eigenvalue weighted by Gasteiger charge is 2.19. The molecular formula is C17H18N2O6. The molecule has 0 heterocycles. The summed E-state index contributed by atoms with van der Waals surface area (Å²) >= 11 is 0. The van der Waals surface area contributed by atoms with Crippen molar-refractivity contribution in [2.45, 2.75) is 13.3 Å². The lowest BCUT2D eigenvalue weighted by Crippen LogP contribution is -2.41. The van der Waals surface area contributed by atoms with E-state index >= 15 is 0 Å². The van der Waals surface area contributed by atoms with Crippen molar-refractivity contribution in [1.82, 2.24) is 10.6 Å². The minimum Gasteiger partial charge on any atom is -0.507 e. The SMILES string of the molecule is CCCNC(=O)NC(=O)COC(=O)c1cc(O)c2ccccc2c1O. The van der Waals surface area contributed by atoms with Gasteiger partial charge in [-0.3, -0.25) is 10.1 Å². The van der Waals surface area contributed by atoms with Crippen LogP contribution in [0, 0.1) is 0 Å². The fourth-order valence-electron chi connectivity index (χ4n) is 2.15. The Morgan fingerprint density at radius 2 is 1.80 bits per heavy atom. The third kappa shape index (κ3) is 4.37. The molecule has 0 atom stereocenters. The molecule has 25 heavy (non-hydrogen) atoms. The van der Waals surface area contributed by atoms with Gasteiger partial charge in [0.1, 0.15) is 17.1 Å². The first-order valence-electron chi connectivity index (χ1n) is 7.62. The number of benzene rings is 2. The highest BCUT2D eigenvalue weighted by atomic mass is 16.5. The zero-order valence-electron chi connectivity index (χ0n) is 13.5. The largest absolute Gasteiger partial charge is 0.507 e. The first-order valence-corrected chi connectivity index (χ1v) is 7.62. The average Bonchev–Trinajstić information content (AvgIpc) is 2.61. The first-order chi connectivity index (χ1) is 11.9. The van der Waals surface area contributed by atoms with Crippen molar-refractivity contribution < 1.29 is 29.3 Å². The maximum atomic E-state index is 12.0. The molecule has 3 amide bonds. The van der Waals surface area contributed by atoms with E-state index in [1.807, 2.05) is 12.2 Å². The van der Waals surface area contributed by atoms with Gasteiger partial charge in [-0.1, -0.05) is 31.2 Å². The van der Waals surface area contributed by atoms with Crippen molar-refractivity contribution in [1.29, 1.82) is 0 Å². The number of rotatable bonds is 5. The molecule has 0 aliphatic rings. The van der Waals surface area contributed by atoms with Crippen LogP contribution in [-0.4, -0.2) is 41.3 Å². The number of nitrogens with one attached hydrogen (secondary N) is 2. The van der Waals surface area contributed by atoms with Crippen LogP contribution in [0.1, 0.15) is 23.7 Å². The highest BCUT2D eigenvalue weighted by Crippen LogP contribution is 2.35. The van der Waals surface area contributed by atoms with Crippen LogP contribution in [0.2, 0.25) is 0 Å². The summed E-state index contributed by atoms with van der Waals surface area (Å²) in [5, 5.41) is 25.2. The van der Waals surface area contributed by atoms with E-state index < -0.39 is 24.5 Å². The standard InChI is InChI=1S/C17H18N2O6/c1-2-7-18-17(24)19-14(21)9-25-16(23)12-8-13(20)10-5-3-4-6-11(10)15(12)22/h3-6,8,20,22H,2,7,9H2,1H3,(H2,18,19,21,24). The zero-order chi connectivity index (χ0) is 18.4. The molecule has 2 rings (SSSR count). The molecule has 0 saturated heterocycles. The normalized spacial score (nSPS) is 10.3. The molecule has 8 nitrogen and oxygen atoms in total. The summed E-state index contributed by atoms with van der Waals surface area (Å²) in [6.07, 6.45) is 0.710. The number of hydrogen-bond acceptors (Lipinski definition) is 6. The quantitative estimate of drug-likeness (QED) is 0.482. The van der Waals surface area contributed by atoms with Crippen LogP contribution in [0.4, 0.5) is 4.79 Å². The summed E-state index contributed by atoms with van der Waals surface area (Å²) < 4.78 is 4.78. The lowest BCUT2D eigenvalue weighted by atomic mass is 10.0. The number of ether oxygens (including phenoxy) is 1. The van der Waals surface area contributed by atoms with E-state index in [-0.39, 0.29) is 22.4 Å². The van der Waals surface area contributed by atoms with Crippen molar-refractivity contribution in [3.63, 3.8) is 0 Å². The van der Waals surface area contributed by atoms with Gasteiger partial charge in [0, 0.05) is 17.3 Å². The predicted molar refractivity (Wildman–Crippen MR) is 89.4 cm³/mol. The van der Waals surface area contributed by atoms with Crippen LogP contribution < -0.4 is 10.6 Å². The van der Waals surface area contributed by atoms with Crippen molar-refractivity contribution >= 4 is 28.7 Å². The molecule has 2 aromatic carbocycles. The number of esters is 1. The van der Waals surface area contributed by atoms with Crippen LogP contribution in [0.15, 0.2) is 30.3 Å². The van der Waals surface area contributed by atoms with E-state index in [9.17, 15) is 24.6 Å². The van der Waals surface area contributed by atoms with E-state index in [1.54, 1.807) is 18.2 Å². The number of phenolic OH excluding ortho intramolecular Hbond substituents is 2. The second kappa shape index (κ2) is 8.00. The third-order valence-electron chi connectivity index (χ3n) is 3.34. The number of phenols is 2. The maximum Gasteiger partial charge on any atom is 0.342 e. The van der Waals surface area contributed by atoms with E-state index in [1.165, 1.54) is 6.07 Å². The van der Waals surface area contributed by atoms with E-state index in [4.69, 9.17) is 4.74 Å². The maximum absolute atomic E-state index is 12.0. The summed E-state index contributed by atoms with van der Waals surface area (Å²) in [7, 11) is 0. The molecule has 132 valence electrons. The number of amides is 3. The van der Waals surface area contributed by atoms with Gasteiger partial charge < -0.3 is 20.3 Å². The second-order valence-corrected chi connectivity index (χ2v) is 5.22. The van der Waals surface area contributed by atoms with Crippen LogP contribution >= 0.6 is 0 Å². The van der Waals surface area contributed by atoms with E-state index in [0.29, 0.717) is 18.4 Å². The second-order valence-electron chi connectivity index (χ2n) is 5.22. The smallest absolute Gasteiger partial charge is 0.342 e. The molecule has 0 saturated carbocycles. The molecule has 0 bridgehead atoms.